The molecule has 0 aliphatic carbocycles. The Morgan fingerprint density at radius 3 is 2.84 bits per heavy atom. The molecule has 0 spiro atoms. The van der Waals surface area contributed by atoms with E-state index in [1.54, 1.807) is 25.2 Å². The van der Waals surface area contributed by atoms with E-state index in [0.717, 1.165) is 0 Å². The molecule has 1 unspecified atom stereocenters. The minimum atomic E-state index is -0.306. The number of benzene rings is 1. The minimum Gasteiger partial charge on any atom is -0.355 e. The zero-order valence-electron chi connectivity index (χ0n) is 10.9. The summed E-state index contributed by atoms with van der Waals surface area (Å²) >= 11 is 0. The van der Waals surface area contributed by atoms with Crippen molar-refractivity contribution >= 4 is 11.8 Å². The average molecular weight is 264 g/mol. The highest BCUT2D eigenvalue weighted by molar-refractivity contribution is 5.83. The molecule has 19 heavy (non-hydrogen) atoms. The maximum Gasteiger partial charge on any atom is 0.227 e. The molecule has 102 valence electrons. The van der Waals surface area contributed by atoms with Crippen LogP contribution >= 0.6 is 0 Å². The van der Waals surface area contributed by atoms with Gasteiger partial charge in [-0.2, -0.15) is 0 Å². The second-order valence-electron chi connectivity index (χ2n) is 4.83. The molecule has 1 atom stereocenters. The summed E-state index contributed by atoms with van der Waals surface area (Å²) in [4.78, 5) is 24.7. The van der Waals surface area contributed by atoms with Gasteiger partial charge in [0, 0.05) is 32.1 Å². The first kappa shape index (κ1) is 13.5. The predicted molar refractivity (Wildman–Crippen MR) is 68.6 cm³/mol. The number of nitrogens with zero attached hydrogens (tertiary/aromatic N) is 1. The van der Waals surface area contributed by atoms with Crippen LogP contribution in [0, 0.1) is 11.7 Å². The van der Waals surface area contributed by atoms with E-state index in [1.165, 1.54) is 11.0 Å². The van der Waals surface area contributed by atoms with Crippen LogP contribution in [0.15, 0.2) is 24.3 Å². The molecule has 4 nitrogen and oxygen atoms in total. The third kappa shape index (κ3) is 3.30. The molecule has 0 bridgehead atoms. The lowest BCUT2D eigenvalue weighted by atomic mass is 9.97. The van der Waals surface area contributed by atoms with Crippen LogP contribution in [0.5, 0.6) is 0 Å². The smallest absolute Gasteiger partial charge is 0.227 e. The Kier molecular flexibility index (Phi) is 4.14. The van der Waals surface area contributed by atoms with E-state index in [9.17, 15) is 14.0 Å². The number of nitrogens with one attached hydrogen (secondary N) is 1. The Labute approximate surface area is 111 Å². The quantitative estimate of drug-likeness (QED) is 0.895. The number of rotatable bonds is 3. The number of halogens is 1. The Morgan fingerprint density at radius 1 is 1.47 bits per heavy atom. The summed E-state index contributed by atoms with van der Waals surface area (Å²) in [5.41, 5.74) is 0.498. The Bertz CT molecular complexity index is 480. The van der Waals surface area contributed by atoms with Gasteiger partial charge in [-0.05, 0) is 12.5 Å². The van der Waals surface area contributed by atoms with Crippen molar-refractivity contribution in [1.82, 2.24) is 10.2 Å². The summed E-state index contributed by atoms with van der Waals surface area (Å²) in [5.74, 6) is -0.572. The van der Waals surface area contributed by atoms with Crippen LogP contribution in [-0.2, 0) is 16.1 Å². The second-order valence-corrected chi connectivity index (χ2v) is 4.83. The summed E-state index contributed by atoms with van der Waals surface area (Å²) in [6.07, 6.45) is 0.941. The van der Waals surface area contributed by atoms with E-state index in [4.69, 9.17) is 0 Å². The van der Waals surface area contributed by atoms with Crippen molar-refractivity contribution in [3.8, 4) is 0 Å². The fraction of sp³-hybridized carbons (Fsp3) is 0.429. The third-order valence-electron chi connectivity index (χ3n) is 3.36. The second kappa shape index (κ2) is 5.82. The molecule has 0 aromatic heterocycles. The summed E-state index contributed by atoms with van der Waals surface area (Å²) < 4.78 is 13.5. The molecule has 1 aromatic rings. The molecule has 0 saturated carbocycles. The molecule has 1 aliphatic rings. The van der Waals surface area contributed by atoms with Gasteiger partial charge in [-0.3, -0.25) is 9.59 Å². The van der Waals surface area contributed by atoms with Gasteiger partial charge >= 0.3 is 0 Å². The maximum atomic E-state index is 13.5. The van der Waals surface area contributed by atoms with E-state index in [2.05, 4.69) is 5.32 Å². The van der Waals surface area contributed by atoms with Crippen molar-refractivity contribution in [2.24, 2.45) is 5.92 Å². The van der Waals surface area contributed by atoms with Crippen molar-refractivity contribution in [1.29, 1.82) is 0 Å². The highest BCUT2D eigenvalue weighted by Crippen LogP contribution is 2.16. The highest BCUT2D eigenvalue weighted by atomic mass is 19.1. The van der Waals surface area contributed by atoms with Gasteiger partial charge in [0.05, 0.1) is 5.92 Å². The molecule has 5 heteroatoms. The Balaban J connectivity index is 1.96. The van der Waals surface area contributed by atoms with Gasteiger partial charge in [0.2, 0.25) is 11.8 Å². The zero-order chi connectivity index (χ0) is 13.8. The predicted octanol–water partition coefficient (Wildman–Crippen LogP) is 1.31. The fourth-order valence-electron chi connectivity index (χ4n) is 2.22. The summed E-state index contributed by atoms with van der Waals surface area (Å²) in [7, 11) is 1.66. The molecule has 0 radical (unpaired) electrons. The first-order valence-electron chi connectivity index (χ1n) is 6.33. The number of carbonyl (C=O) groups is 2. The van der Waals surface area contributed by atoms with Crippen LogP contribution in [-0.4, -0.2) is 30.3 Å². The van der Waals surface area contributed by atoms with Crippen molar-refractivity contribution < 1.29 is 14.0 Å². The normalized spacial score (nSPS) is 18.8. The molecule has 2 amide bonds. The molecule has 1 heterocycles. The fourth-order valence-corrected chi connectivity index (χ4v) is 2.22. The Hall–Kier alpha value is -1.91. The molecule has 1 fully saturated rings. The minimum absolute atomic E-state index is 0.0131. The van der Waals surface area contributed by atoms with Crippen LogP contribution in [0.3, 0.4) is 0 Å². The monoisotopic (exact) mass is 264 g/mol. The molecular weight excluding hydrogens is 247 g/mol. The van der Waals surface area contributed by atoms with E-state index >= 15 is 0 Å². The van der Waals surface area contributed by atoms with Crippen LogP contribution < -0.4 is 5.32 Å². The number of piperidine rings is 1. The average Bonchev–Trinajstić information content (AvgIpc) is 2.41. The van der Waals surface area contributed by atoms with E-state index in [0.29, 0.717) is 24.9 Å². The van der Waals surface area contributed by atoms with Gasteiger partial charge in [-0.25, -0.2) is 4.39 Å². The van der Waals surface area contributed by atoms with E-state index < -0.39 is 0 Å². The summed E-state index contributed by atoms with van der Waals surface area (Å²) in [5, 5.41) is 2.68. The molecular formula is C14H17FN2O2. The number of hydrogen-bond donors (Lipinski definition) is 1. The number of hydrogen-bond acceptors (Lipinski definition) is 2. The van der Waals surface area contributed by atoms with Crippen LogP contribution in [0.25, 0.3) is 0 Å². The molecule has 1 aliphatic heterocycles. The molecule has 1 aromatic carbocycles. The topological polar surface area (TPSA) is 49.4 Å². The van der Waals surface area contributed by atoms with Gasteiger partial charge in [0.15, 0.2) is 0 Å². The van der Waals surface area contributed by atoms with Gasteiger partial charge in [-0.15, -0.1) is 0 Å². The molecule has 1 saturated heterocycles. The third-order valence-corrected chi connectivity index (χ3v) is 3.36. The van der Waals surface area contributed by atoms with Gasteiger partial charge in [0.25, 0.3) is 0 Å². The first-order valence-corrected chi connectivity index (χ1v) is 6.33. The van der Waals surface area contributed by atoms with Gasteiger partial charge < -0.3 is 10.2 Å². The van der Waals surface area contributed by atoms with Crippen molar-refractivity contribution in [3.05, 3.63) is 35.6 Å². The van der Waals surface area contributed by atoms with Gasteiger partial charge in [-0.1, -0.05) is 18.2 Å². The lowest BCUT2D eigenvalue weighted by Gasteiger charge is -2.26. The summed E-state index contributed by atoms with van der Waals surface area (Å²) in [6, 6.07) is 6.42. The van der Waals surface area contributed by atoms with E-state index in [1.807, 2.05) is 0 Å². The highest BCUT2D eigenvalue weighted by Gasteiger charge is 2.27. The largest absolute Gasteiger partial charge is 0.355 e. The van der Waals surface area contributed by atoms with Crippen LogP contribution in [0.2, 0.25) is 0 Å². The molecule has 1 N–H and O–H groups in total. The first-order chi connectivity index (χ1) is 9.08. The van der Waals surface area contributed by atoms with Crippen molar-refractivity contribution in [2.45, 2.75) is 19.4 Å². The van der Waals surface area contributed by atoms with Gasteiger partial charge in [0.1, 0.15) is 5.82 Å². The number of amides is 2. The maximum absolute atomic E-state index is 13.5. The Morgan fingerprint density at radius 2 is 2.21 bits per heavy atom. The van der Waals surface area contributed by atoms with Crippen LogP contribution in [0.1, 0.15) is 18.4 Å². The summed E-state index contributed by atoms with van der Waals surface area (Å²) in [6.45, 7) is 0.620. The van der Waals surface area contributed by atoms with E-state index in [-0.39, 0.29) is 30.1 Å². The number of carbonyl (C=O) groups excluding carboxylic acids is 2. The lowest BCUT2D eigenvalue weighted by molar-refractivity contribution is -0.136. The molecule has 2 rings (SSSR count). The SMILES string of the molecule is CN(Cc1ccccc1F)C(=O)C1CCC(=O)NC1. The van der Waals surface area contributed by atoms with Crippen molar-refractivity contribution in [3.63, 3.8) is 0 Å². The van der Waals surface area contributed by atoms with Crippen molar-refractivity contribution in [2.75, 3.05) is 13.6 Å². The zero-order valence-corrected chi connectivity index (χ0v) is 10.9. The van der Waals surface area contributed by atoms with Crippen LogP contribution in [0.4, 0.5) is 4.39 Å². The standard InChI is InChI=1S/C14H17FN2O2/c1-17(9-11-4-2-3-5-12(11)15)14(19)10-6-7-13(18)16-8-10/h2-5,10H,6-9H2,1H3,(H,16,18). The lowest BCUT2D eigenvalue weighted by Crippen LogP contribution is -2.43.